The van der Waals surface area contributed by atoms with Crippen LogP contribution in [0.2, 0.25) is 0 Å². The fourth-order valence-corrected chi connectivity index (χ4v) is 2.69. The molecule has 1 heterocycles. The van der Waals surface area contributed by atoms with Gasteiger partial charge in [-0.2, -0.15) is 0 Å². The van der Waals surface area contributed by atoms with Gasteiger partial charge >= 0.3 is 0 Å². The van der Waals surface area contributed by atoms with Gasteiger partial charge in [-0.1, -0.05) is 27.7 Å². The third-order valence-electron chi connectivity index (χ3n) is 2.16. The molecule has 0 unspecified atom stereocenters. The number of hydrogen-bond acceptors (Lipinski definition) is 4. The van der Waals surface area contributed by atoms with Crippen molar-refractivity contribution in [3.05, 3.63) is 46.8 Å². The van der Waals surface area contributed by atoms with Gasteiger partial charge in [0.1, 0.15) is 11.4 Å². The van der Waals surface area contributed by atoms with Crippen LogP contribution in [0, 0.1) is 0 Å². The molecule has 0 bridgehead atoms. The molecule has 0 amide bonds. The van der Waals surface area contributed by atoms with Gasteiger partial charge < -0.3 is 5.32 Å². The van der Waals surface area contributed by atoms with E-state index >= 15 is 0 Å². The topological polar surface area (TPSA) is 37.8 Å². The summed E-state index contributed by atoms with van der Waals surface area (Å²) < 4.78 is 1.09. The van der Waals surface area contributed by atoms with Gasteiger partial charge in [-0.15, -0.1) is 0 Å². The number of hydrogen-bond donors (Lipinski definition) is 1. The summed E-state index contributed by atoms with van der Waals surface area (Å²) in [5, 5.41) is 4.13. The first-order valence-electron chi connectivity index (χ1n) is 5.16. The maximum atomic E-state index is 4.22. The molecule has 1 N–H and O–H groups in total. The van der Waals surface area contributed by atoms with Crippen molar-refractivity contribution >= 4 is 27.7 Å². The van der Waals surface area contributed by atoms with Crippen LogP contribution in [-0.2, 0) is 6.54 Å². The molecule has 0 aliphatic carbocycles. The van der Waals surface area contributed by atoms with E-state index in [1.165, 1.54) is 10.5 Å². The van der Waals surface area contributed by atoms with Crippen LogP contribution < -0.4 is 5.32 Å². The first kappa shape index (κ1) is 12.5. The van der Waals surface area contributed by atoms with Crippen molar-refractivity contribution in [3.63, 3.8) is 0 Å². The Balaban J connectivity index is 2.26. The molecular weight excluding hydrogens is 298 g/mol. The Morgan fingerprint density at radius 1 is 1.35 bits per heavy atom. The molecule has 0 aliphatic rings. The zero-order valence-corrected chi connectivity index (χ0v) is 11.8. The van der Waals surface area contributed by atoms with Crippen LogP contribution in [0.5, 0.6) is 0 Å². The molecular formula is C12H12BrN3S. The van der Waals surface area contributed by atoms with Gasteiger partial charge in [-0.25, -0.2) is 9.97 Å². The van der Waals surface area contributed by atoms with Gasteiger partial charge in [-0.3, -0.25) is 0 Å². The number of benzene rings is 1. The smallest absolute Gasteiger partial charge is 0.116 e. The zero-order chi connectivity index (χ0) is 12.1. The van der Waals surface area contributed by atoms with Crippen molar-refractivity contribution in [2.75, 3.05) is 7.05 Å². The van der Waals surface area contributed by atoms with Crippen molar-refractivity contribution in [2.24, 2.45) is 0 Å². The lowest BCUT2D eigenvalue weighted by molar-refractivity contribution is 0.802. The van der Waals surface area contributed by atoms with E-state index in [9.17, 15) is 0 Å². The van der Waals surface area contributed by atoms with Gasteiger partial charge in [-0.05, 0) is 36.9 Å². The molecule has 0 aliphatic heterocycles. The minimum absolute atomic E-state index is 0.840. The molecule has 0 radical (unpaired) electrons. The fraction of sp³-hybridized carbons (Fsp3) is 0.167. The Bertz CT molecular complexity index is 490. The number of nitrogens with one attached hydrogen (secondary N) is 1. The molecule has 0 atom stereocenters. The standard InChI is InChI=1S/C12H12BrN3S/c1-14-7-9-6-10(13)2-3-11(9)17-12-4-5-15-8-16-12/h2-6,8,14H,7H2,1H3. The predicted octanol–water partition coefficient (Wildman–Crippen LogP) is 3.11. The summed E-state index contributed by atoms with van der Waals surface area (Å²) in [7, 11) is 1.94. The minimum atomic E-state index is 0.840. The summed E-state index contributed by atoms with van der Waals surface area (Å²) in [5.41, 5.74) is 1.26. The third-order valence-corrected chi connectivity index (χ3v) is 3.72. The summed E-state index contributed by atoms with van der Waals surface area (Å²) in [5.74, 6) is 0. The molecule has 0 saturated carbocycles. The summed E-state index contributed by atoms with van der Waals surface area (Å²) >= 11 is 5.14. The maximum absolute atomic E-state index is 4.22. The predicted molar refractivity (Wildman–Crippen MR) is 73.1 cm³/mol. The Morgan fingerprint density at radius 3 is 2.94 bits per heavy atom. The lowest BCUT2D eigenvalue weighted by atomic mass is 10.2. The quantitative estimate of drug-likeness (QED) is 0.881. The third kappa shape index (κ3) is 3.52. The zero-order valence-electron chi connectivity index (χ0n) is 9.35. The van der Waals surface area contributed by atoms with E-state index in [0.29, 0.717) is 0 Å². The van der Waals surface area contributed by atoms with Gasteiger partial charge in [0.05, 0.1) is 0 Å². The molecule has 0 fully saturated rings. The highest BCUT2D eigenvalue weighted by atomic mass is 79.9. The first-order chi connectivity index (χ1) is 8.29. The van der Waals surface area contributed by atoms with Gasteiger partial charge in [0.15, 0.2) is 0 Å². The highest BCUT2D eigenvalue weighted by Gasteiger charge is 2.05. The number of aromatic nitrogens is 2. The Labute approximate surface area is 113 Å². The molecule has 1 aromatic carbocycles. The van der Waals surface area contributed by atoms with Crippen LogP contribution >= 0.6 is 27.7 Å². The molecule has 3 nitrogen and oxygen atoms in total. The Kier molecular flexibility index (Phi) is 4.53. The molecule has 5 heteroatoms. The second-order valence-corrected chi connectivity index (χ2v) is 5.41. The van der Waals surface area contributed by atoms with Crippen LogP contribution in [0.1, 0.15) is 5.56 Å². The van der Waals surface area contributed by atoms with E-state index in [2.05, 4.69) is 43.3 Å². The number of nitrogens with zero attached hydrogens (tertiary/aromatic N) is 2. The minimum Gasteiger partial charge on any atom is -0.316 e. The first-order valence-corrected chi connectivity index (χ1v) is 6.77. The van der Waals surface area contributed by atoms with Crippen LogP contribution in [0.25, 0.3) is 0 Å². The lowest BCUT2D eigenvalue weighted by Crippen LogP contribution is -2.06. The van der Waals surface area contributed by atoms with Crippen LogP contribution in [-0.4, -0.2) is 17.0 Å². The second kappa shape index (κ2) is 6.14. The van der Waals surface area contributed by atoms with E-state index < -0.39 is 0 Å². The lowest BCUT2D eigenvalue weighted by Gasteiger charge is -2.08. The molecule has 17 heavy (non-hydrogen) atoms. The van der Waals surface area contributed by atoms with E-state index in [1.807, 2.05) is 19.2 Å². The summed E-state index contributed by atoms with van der Waals surface area (Å²) in [6.45, 7) is 0.840. The van der Waals surface area contributed by atoms with Crippen LogP contribution in [0.4, 0.5) is 0 Å². The Morgan fingerprint density at radius 2 is 2.24 bits per heavy atom. The largest absolute Gasteiger partial charge is 0.316 e. The highest BCUT2D eigenvalue weighted by molar-refractivity contribution is 9.10. The average Bonchev–Trinajstić information content (AvgIpc) is 2.34. The monoisotopic (exact) mass is 309 g/mol. The molecule has 0 spiro atoms. The summed E-state index contributed by atoms with van der Waals surface area (Å²) in [6.07, 6.45) is 3.32. The van der Waals surface area contributed by atoms with Crippen molar-refractivity contribution in [3.8, 4) is 0 Å². The number of halogens is 1. The van der Waals surface area contributed by atoms with Crippen molar-refractivity contribution in [2.45, 2.75) is 16.5 Å². The van der Waals surface area contributed by atoms with Gasteiger partial charge in [0.2, 0.25) is 0 Å². The SMILES string of the molecule is CNCc1cc(Br)ccc1Sc1ccncn1. The average molecular weight is 310 g/mol. The van der Waals surface area contributed by atoms with Gasteiger partial charge in [0.25, 0.3) is 0 Å². The van der Waals surface area contributed by atoms with Crippen LogP contribution in [0.3, 0.4) is 0 Å². The second-order valence-electron chi connectivity index (χ2n) is 3.43. The fourth-order valence-electron chi connectivity index (χ4n) is 1.43. The van der Waals surface area contributed by atoms with E-state index in [-0.39, 0.29) is 0 Å². The van der Waals surface area contributed by atoms with E-state index in [0.717, 1.165) is 16.0 Å². The van der Waals surface area contributed by atoms with Gasteiger partial charge in [0, 0.05) is 22.1 Å². The van der Waals surface area contributed by atoms with Crippen molar-refractivity contribution in [1.82, 2.24) is 15.3 Å². The molecule has 2 rings (SSSR count). The maximum Gasteiger partial charge on any atom is 0.116 e. The van der Waals surface area contributed by atoms with Crippen molar-refractivity contribution in [1.29, 1.82) is 0 Å². The molecule has 88 valence electrons. The van der Waals surface area contributed by atoms with E-state index in [4.69, 9.17) is 0 Å². The van der Waals surface area contributed by atoms with Crippen LogP contribution in [0.15, 0.2) is 51.2 Å². The molecule has 0 saturated heterocycles. The van der Waals surface area contributed by atoms with Crippen molar-refractivity contribution < 1.29 is 0 Å². The number of rotatable bonds is 4. The summed E-state index contributed by atoms with van der Waals surface area (Å²) in [4.78, 5) is 9.34. The normalized spacial score (nSPS) is 10.5. The van der Waals surface area contributed by atoms with E-state index in [1.54, 1.807) is 24.3 Å². The molecule has 2 aromatic rings. The summed E-state index contributed by atoms with van der Waals surface area (Å²) in [6, 6.07) is 8.18. The highest BCUT2D eigenvalue weighted by Crippen LogP contribution is 2.30. The molecule has 1 aromatic heterocycles. The Hall–Kier alpha value is -0.910.